The van der Waals surface area contributed by atoms with Gasteiger partial charge in [0.05, 0.1) is 5.92 Å². The number of hydrogen-bond donors (Lipinski definition) is 1. The molecule has 1 aromatic heterocycles. The fourth-order valence-corrected chi connectivity index (χ4v) is 2.41. The van der Waals surface area contributed by atoms with Gasteiger partial charge in [-0.25, -0.2) is 4.39 Å². The van der Waals surface area contributed by atoms with Gasteiger partial charge < -0.3 is 9.84 Å². The molecule has 2 heterocycles. The number of piperidine rings is 1. The van der Waals surface area contributed by atoms with Crippen molar-refractivity contribution >= 4 is 0 Å². The highest BCUT2D eigenvalue weighted by molar-refractivity contribution is 5.59. The molecule has 2 aromatic rings. The number of nitrogens with zero attached hydrogens (tertiary/aromatic N) is 2. The van der Waals surface area contributed by atoms with Gasteiger partial charge in [-0.3, -0.25) is 0 Å². The highest BCUT2D eigenvalue weighted by Gasteiger charge is 2.22. The van der Waals surface area contributed by atoms with Crippen LogP contribution >= 0.6 is 0 Å². The zero-order valence-corrected chi connectivity index (χ0v) is 10.8. The summed E-state index contributed by atoms with van der Waals surface area (Å²) in [7, 11) is 0. The molecule has 100 valence electrons. The van der Waals surface area contributed by atoms with Crippen LogP contribution in [0.2, 0.25) is 0 Å². The average Bonchev–Trinajstić information content (AvgIpc) is 2.92. The van der Waals surface area contributed by atoms with Crippen LogP contribution in [-0.2, 0) is 0 Å². The molecule has 1 fully saturated rings. The van der Waals surface area contributed by atoms with Crippen LogP contribution in [0.4, 0.5) is 4.39 Å². The molecule has 19 heavy (non-hydrogen) atoms. The van der Waals surface area contributed by atoms with Crippen LogP contribution in [0.1, 0.15) is 30.2 Å². The molecular weight excluding hydrogens is 245 g/mol. The molecule has 0 saturated carbocycles. The summed E-state index contributed by atoms with van der Waals surface area (Å²) in [5.74, 6) is 1.10. The molecule has 1 saturated heterocycles. The molecule has 1 aliphatic heterocycles. The summed E-state index contributed by atoms with van der Waals surface area (Å²) < 4.78 is 18.6. The normalized spacial score (nSPS) is 19.6. The summed E-state index contributed by atoms with van der Waals surface area (Å²) in [5, 5.41) is 7.30. The number of benzene rings is 1. The van der Waals surface area contributed by atoms with Crippen LogP contribution in [0, 0.1) is 12.7 Å². The van der Waals surface area contributed by atoms with Crippen molar-refractivity contribution in [3.05, 3.63) is 35.5 Å². The molecule has 0 aliphatic carbocycles. The van der Waals surface area contributed by atoms with Crippen LogP contribution in [0.5, 0.6) is 0 Å². The fraction of sp³-hybridized carbons (Fsp3) is 0.429. The van der Waals surface area contributed by atoms with Crippen molar-refractivity contribution in [2.24, 2.45) is 0 Å². The Morgan fingerprint density at radius 2 is 2.32 bits per heavy atom. The van der Waals surface area contributed by atoms with Crippen LogP contribution in [-0.4, -0.2) is 23.2 Å². The van der Waals surface area contributed by atoms with Gasteiger partial charge in [0.15, 0.2) is 0 Å². The third-order valence-electron chi connectivity index (χ3n) is 3.53. The molecule has 0 radical (unpaired) electrons. The maximum absolute atomic E-state index is 13.3. The molecule has 1 aliphatic rings. The summed E-state index contributed by atoms with van der Waals surface area (Å²) in [6, 6.07) is 4.61. The van der Waals surface area contributed by atoms with E-state index in [0.29, 0.717) is 17.3 Å². The Kier molecular flexibility index (Phi) is 3.29. The van der Waals surface area contributed by atoms with Gasteiger partial charge >= 0.3 is 0 Å². The Hall–Kier alpha value is -1.75. The molecule has 4 nitrogen and oxygen atoms in total. The lowest BCUT2D eigenvalue weighted by atomic mass is 10.00. The lowest BCUT2D eigenvalue weighted by Gasteiger charge is -2.18. The van der Waals surface area contributed by atoms with Crippen LogP contribution in [0.25, 0.3) is 11.4 Å². The molecule has 0 bridgehead atoms. The van der Waals surface area contributed by atoms with E-state index in [0.717, 1.165) is 31.5 Å². The molecule has 0 amide bonds. The second kappa shape index (κ2) is 5.09. The molecule has 1 aromatic carbocycles. The van der Waals surface area contributed by atoms with Crippen molar-refractivity contribution in [1.82, 2.24) is 15.5 Å². The molecule has 1 N–H and O–H groups in total. The first kappa shape index (κ1) is 12.3. The minimum absolute atomic E-state index is 0.267. The highest BCUT2D eigenvalue weighted by Crippen LogP contribution is 2.26. The molecular formula is C14H16FN3O. The second-order valence-electron chi connectivity index (χ2n) is 4.96. The molecule has 5 heteroatoms. The predicted molar refractivity (Wildman–Crippen MR) is 69.3 cm³/mol. The van der Waals surface area contributed by atoms with Crippen molar-refractivity contribution in [2.45, 2.75) is 25.7 Å². The highest BCUT2D eigenvalue weighted by atomic mass is 19.1. The average molecular weight is 261 g/mol. The Bertz CT molecular complexity index is 576. The van der Waals surface area contributed by atoms with Gasteiger partial charge in [0, 0.05) is 12.1 Å². The second-order valence-corrected chi connectivity index (χ2v) is 4.96. The molecule has 1 atom stereocenters. The minimum Gasteiger partial charge on any atom is -0.339 e. The molecule has 3 rings (SSSR count). The van der Waals surface area contributed by atoms with Crippen molar-refractivity contribution in [2.75, 3.05) is 13.1 Å². The summed E-state index contributed by atoms with van der Waals surface area (Å²) in [6.45, 7) is 3.82. The smallest absolute Gasteiger partial charge is 0.231 e. The van der Waals surface area contributed by atoms with Crippen molar-refractivity contribution in [3.8, 4) is 11.4 Å². The van der Waals surface area contributed by atoms with Crippen LogP contribution in [0.3, 0.4) is 0 Å². The summed E-state index contributed by atoms with van der Waals surface area (Å²) in [5.41, 5.74) is 1.63. The summed E-state index contributed by atoms with van der Waals surface area (Å²) in [6.07, 6.45) is 2.16. The molecule has 0 spiro atoms. The largest absolute Gasteiger partial charge is 0.339 e. The first-order valence-electron chi connectivity index (χ1n) is 6.55. The Morgan fingerprint density at radius 3 is 3.11 bits per heavy atom. The van der Waals surface area contributed by atoms with E-state index < -0.39 is 0 Å². The SMILES string of the molecule is Cc1ccc(F)cc1-c1noc(C2CCCNC2)n1. The zero-order chi connectivity index (χ0) is 13.2. The zero-order valence-electron chi connectivity index (χ0n) is 10.8. The van der Waals surface area contributed by atoms with Gasteiger partial charge in [0.25, 0.3) is 0 Å². The van der Waals surface area contributed by atoms with Gasteiger partial charge in [0.2, 0.25) is 11.7 Å². The van der Waals surface area contributed by atoms with Crippen LogP contribution in [0.15, 0.2) is 22.7 Å². The maximum atomic E-state index is 13.3. The Labute approximate surface area is 111 Å². The van der Waals surface area contributed by atoms with Gasteiger partial charge in [-0.1, -0.05) is 11.2 Å². The van der Waals surface area contributed by atoms with Gasteiger partial charge in [-0.2, -0.15) is 4.98 Å². The van der Waals surface area contributed by atoms with Crippen molar-refractivity contribution in [1.29, 1.82) is 0 Å². The third kappa shape index (κ3) is 2.51. The lowest BCUT2D eigenvalue weighted by molar-refractivity contribution is 0.322. The van der Waals surface area contributed by atoms with E-state index in [-0.39, 0.29) is 11.7 Å². The van der Waals surface area contributed by atoms with Crippen molar-refractivity contribution in [3.63, 3.8) is 0 Å². The lowest BCUT2D eigenvalue weighted by Crippen LogP contribution is -2.28. The van der Waals surface area contributed by atoms with Crippen molar-refractivity contribution < 1.29 is 8.91 Å². The number of rotatable bonds is 2. The van der Waals surface area contributed by atoms with E-state index in [9.17, 15) is 4.39 Å². The number of halogens is 1. The van der Waals surface area contributed by atoms with Crippen LogP contribution < -0.4 is 5.32 Å². The Morgan fingerprint density at radius 1 is 1.42 bits per heavy atom. The number of aryl methyl sites for hydroxylation is 1. The quantitative estimate of drug-likeness (QED) is 0.903. The van der Waals surface area contributed by atoms with E-state index in [1.165, 1.54) is 12.1 Å². The standard InChI is InChI=1S/C14H16FN3O/c1-9-4-5-11(15)7-12(9)13-17-14(19-18-13)10-3-2-6-16-8-10/h4-5,7,10,16H,2-3,6,8H2,1H3. The fourth-order valence-electron chi connectivity index (χ4n) is 2.41. The topological polar surface area (TPSA) is 51.0 Å². The minimum atomic E-state index is -0.286. The van der Waals surface area contributed by atoms with E-state index in [1.54, 1.807) is 6.07 Å². The summed E-state index contributed by atoms with van der Waals surface area (Å²) in [4.78, 5) is 4.42. The number of nitrogens with one attached hydrogen (secondary N) is 1. The van der Waals surface area contributed by atoms with Gasteiger partial charge in [-0.05, 0) is 44.0 Å². The Balaban J connectivity index is 1.89. The number of aromatic nitrogens is 2. The predicted octanol–water partition coefficient (Wildman–Crippen LogP) is 2.65. The first-order valence-corrected chi connectivity index (χ1v) is 6.55. The van der Waals surface area contributed by atoms with Gasteiger partial charge in [-0.15, -0.1) is 0 Å². The number of hydrogen-bond acceptors (Lipinski definition) is 4. The monoisotopic (exact) mass is 261 g/mol. The summed E-state index contributed by atoms with van der Waals surface area (Å²) >= 11 is 0. The van der Waals surface area contributed by atoms with E-state index in [2.05, 4.69) is 15.5 Å². The van der Waals surface area contributed by atoms with Gasteiger partial charge in [0.1, 0.15) is 5.82 Å². The van der Waals surface area contributed by atoms with E-state index in [1.807, 2.05) is 6.92 Å². The van der Waals surface area contributed by atoms with E-state index >= 15 is 0 Å². The third-order valence-corrected chi connectivity index (χ3v) is 3.53. The maximum Gasteiger partial charge on any atom is 0.231 e. The first-order chi connectivity index (χ1) is 9.24. The molecule has 1 unspecified atom stereocenters. The van der Waals surface area contributed by atoms with E-state index in [4.69, 9.17) is 4.52 Å².